The number of aryl methyl sites for hydroxylation is 3. The minimum atomic E-state index is 1.15. The van der Waals surface area contributed by atoms with Gasteiger partial charge in [-0.1, -0.05) is 12.1 Å². The van der Waals surface area contributed by atoms with Crippen LogP contribution in [0.15, 0.2) is 36.4 Å². The van der Waals surface area contributed by atoms with Gasteiger partial charge in [-0.15, -0.1) is 0 Å². The highest BCUT2D eigenvalue weighted by Gasteiger charge is 2.03. The fourth-order valence-electron chi connectivity index (χ4n) is 2.49. The van der Waals surface area contributed by atoms with Crippen molar-refractivity contribution >= 4 is 0 Å². The molecule has 1 aromatic carbocycles. The van der Waals surface area contributed by atoms with E-state index in [1.54, 1.807) is 0 Å². The Kier molecular flexibility index (Phi) is 4.43. The topological polar surface area (TPSA) is 8.17 Å². The molecule has 0 spiro atoms. The first-order valence-corrected chi connectivity index (χ1v) is 6.97. The van der Waals surface area contributed by atoms with E-state index in [1.165, 1.54) is 29.1 Å². The smallest absolute Gasteiger partial charge is 0.0455 e. The van der Waals surface area contributed by atoms with Gasteiger partial charge in [-0.2, -0.15) is 0 Å². The van der Waals surface area contributed by atoms with Crippen LogP contribution in [-0.4, -0.2) is 30.1 Å². The largest absolute Gasteiger partial charge is 0.319 e. The van der Waals surface area contributed by atoms with Crippen molar-refractivity contribution in [3.8, 4) is 5.69 Å². The summed E-state index contributed by atoms with van der Waals surface area (Å²) in [5.74, 6) is 0. The van der Waals surface area contributed by atoms with Crippen LogP contribution < -0.4 is 0 Å². The van der Waals surface area contributed by atoms with Gasteiger partial charge in [-0.25, -0.2) is 0 Å². The summed E-state index contributed by atoms with van der Waals surface area (Å²) in [5, 5.41) is 0. The van der Waals surface area contributed by atoms with Gasteiger partial charge in [-0.05, 0) is 77.2 Å². The fraction of sp³-hybridized carbons (Fsp3) is 0.412. The molecule has 1 aromatic heterocycles. The number of nitrogens with zero attached hydrogens (tertiary/aromatic N) is 2. The van der Waals surface area contributed by atoms with Crippen molar-refractivity contribution in [3.05, 3.63) is 53.3 Å². The summed E-state index contributed by atoms with van der Waals surface area (Å²) in [6.45, 7) is 5.45. The summed E-state index contributed by atoms with van der Waals surface area (Å²) in [5.41, 5.74) is 5.26. The maximum atomic E-state index is 2.30. The van der Waals surface area contributed by atoms with Crippen molar-refractivity contribution in [2.24, 2.45) is 0 Å². The van der Waals surface area contributed by atoms with Crippen LogP contribution in [0.2, 0.25) is 0 Å². The summed E-state index contributed by atoms with van der Waals surface area (Å²) in [7, 11) is 4.25. The molecule has 2 heteroatoms. The lowest BCUT2D eigenvalue weighted by atomic mass is 10.1. The fourth-order valence-corrected chi connectivity index (χ4v) is 2.49. The van der Waals surface area contributed by atoms with Crippen molar-refractivity contribution in [2.45, 2.75) is 26.7 Å². The van der Waals surface area contributed by atoms with Crippen LogP contribution in [0.3, 0.4) is 0 Å². The van der Waals surface area contributed by atoms with E-state index in [9.17, 15) is 0 Å². The van der Waals surface area contributed by atoms with Crippen molar-refractivity contribution in [3.63, 3.8) is 0 Å². The molecule has 0 unspecified atom stereocenters. The Balaban J connectivity index is 2.06. The molecule has 1 heterocycles. The molecule has 0 amide bonds. The second-order valence-corrected chi connectivity index (χ2v) is 5.52. The molecule has 0 N–H and O–H groups in total. The van der Waals surface area contributed by atoms with Gasteiger partial charge >= 0.3 is 0 Å². The third kappa shape index (κ3) is 3.48. The minimum Gasteiger partial charge on any atom is -0.319 e. The average molecular weight is 256 g/mol. The van der Waals surface area contributed by atoms with E-state index in [0.717, 1.165) is 13.0 Å². The quantitative estimate of drug-likeness (QED) is 0.793. The number of benzene rings is 1. The van der Waals surface area contributed by atoms with E-state index in [1.807, 2.05) is 0 Å². The molecule has 2 nitrogen and oxygen atoms in total. The first-order valence-electron chi connectivity index (χ1n) is 6.97. The molecule has 0 bridgehead atoms. The van der Waals surface area contributed by atoms with E-state index >= 15 is 0 Å². The minimum absolute atomic E-state index is 1.15. The van der Waals surface area contributed by atoms with Crippen molar-refractivity contribution in [1.82, 2.24) is 9.47 Å². The Morgan fingerprint density at radius 1 is 0.895 bits per heavy atom. The summed E-state index contributed by atoms with van der Waals surface area (Å²) >= 11 is 0. The van der Waals surface area contributed by atoms with Crippen LogP contribution in [0, 0.1) is 13.8 Å². The molecular weight excluding hydrogens is 232 g/mol. The molecule has 0 saturated carbocycles. The van der Waals surface area contributed by atoms with E-state index in [4.69, 9.17) is 0 Å². The molecule has 102 valence electrons. The van der Waals surface area contributed by atoms with E-state index in [-0.39, 0.29) is 0 Å². The predicted molar refractivity (Wildman–Crippen MR) is 82.1 cm³/mol. The highest BCUT2D eigenvalue weighted by Crippen LogP contribution is 2.17. The van der Waals surface area contributed by atoms with Crippen LogP contribution in [0.1, 0.15) is 23.4 Å². The summed E-state index contributed by atoms with van der Waals surface area (Å²) in [4.78, 5) is 2.24. The first-order chi connectivity index (χ1) is 9.08. The average Bonchev–Trinajstić information content (AvgIpc) is 2.70. The zero-order valence-electron chi connectivity index (χ0n) is 12.5. The Labute approximate surface area is 116 Å². The highest BCUT2D eigenvalue weighted by atomic mass is 15.0. The van der Waals surface area contributed by atoms with E-state index < -0.39 is 0 Å². The van der Waals surface area contributed by atoms with Gasteiger partial charge in [-0.3, -0.25) is 0 Å². The summed E-state index contributed by atoms with van der Waals surface area (Å²) in [6.07, 6.45) is 2.37. The summed E-state index contributed by atoms with van der Waals surface area (Å²) < 4.78 is 2.30. The lowest BCUT2D eigenvalue weighted by Crippen LogP contribution is -2.13. The first kappa shape index (κ1) is 13.9. The highest BCUT2D eigenvalue weighted by molar-refractivity contribution is 5.39. The Morgan fingerprint density at radius 2 is 1.47 bits per heavy atom. The zero-order chi connectivity index (χ0) is 13.8. The molecule has 0 aliphatic carbocycles. The number of aromatic nitrogens is 1. The van der Waals surface area contributed by atoms with Crippen molar-refractivity contribution in [2.75, 3.05) is 20.6 Å². The molecule has 0 radical (unpaired) electrons. The van der Waals surface area contributed by atoms with Gasteiger partial charge in [0.25, 0.3) is 0 Å². The second kappa shape index (κ2) is 6.07. The third-order valence-electron chi connectivity index (χ3n) is 3.54. The number of rotatable bonds is 5. The molecule has 2 rings (SSSR count). The van der Waals surface area contributed by atoms with Crippen LogP contribution in [0.4, 0.5) is 0 Å². The molecule has 0 atom stereocenters. The lowest BCUT2D eigenvalue weighted by molar-refractivity contribution is 0.400. The van der Waals surface area contributed by atoms with Gasteiger partial charge < -0.3 is 9.47 Å². The molecule has 19 heavy (non-hydrogen) atoms. The molecule has 0 saturated heterocycles. The standard InChI is InChI=1S/C17H24N2/c1-14-7-8-15(2)19(14)17-11-9-16(10-12-17)6-5-13-18(3)4/h7-12H,5-6,13H2,1-4H3. The number of hydrogen-bond donors (Lipinski definition) is 0. The van der Waals surface area contributed by atoms with Gasteiger partial charge in [0, 0.05) is 17.1 Å². The molecule has 0 aliphatic heterocycles. The van der Waals surface area contributed by atoms with Gasteiger partial charge in [0.05, 0.1) is 0 Å². The maximum Gasteiger partial charge on any atom is 0.0455 e. The van der Waals surface area contributed by atoms with Crippen LogP contribution in [0.5, 0.6) is 0 Å². The van der Waals surface area contributed by atoms with E-state index in [2.05, 4.69) is 73.8 Å². The molecule has 0 aliphatic rings. The van der Waals surface area contributed by atoms with Gasteiger partial charge in [0.2, 0.25) is 0 Å². The van der Waals surface area contributed by atoms with Gasteiger partial charge in [0.1, 0.15) is 0 Å². The van der Waals surface area contributed by atoms with Gasteiger partial charge in [0.15, 0.2) is 0 Å². The van der Waals surface area contributed by atoms with Crippen molar-refractivity contribution < 1.29 is 0 Å². The molecule has 2 aromatic rings. The zero-order valence-corrected chi connectivity index (χ0v) is 12.5. The third-order valence-corrected chi connectivity index (χ3v) is 3.54. The molecule has 0 fully saturated rings. The second-order valence-electron chi connectivity index (χ2n) is 5.52. The SMILES string of the molecule is Cc1ccc(C)n1-c1ccc(CCCN(C)C)cc1. The van der Waals surface area contributed by atoms with Crippen LogP contribution in [0.25, 0.3) is 5.69 Å². The predicted octanol–water partition coefficient (Wildman–Crippen LogP) is 3.59. The Morgan fingerprint density at radius 3 is 2.00 bits per heavy atom. The van der Waals surface area contributed by atoms with Crippen LogP contribution in [-0.2, 0) is 6.42 Å². The van der Waals surface area contributed by atoms with Crippen molar-refractivity contribution in [1.29, 1.82) is 0 Å². The maximum absolute atomic E-state index is 2.30. The van der Waals surface area contributed by atoms with E-state index in [0.29, 0.717) is 0 Å². The Hall–Kier alpha value is -1.54. The number of hydrogen-bond acceptors (Lipinski definition) is 1. The molecular formula is C17H24N2. The normalized spacial score (nSPS) is 11.2. The lowest BCUT2D eigenvalue weighted by Gasteiger charge is -2.11. The summed E-state index contributed by atoms with van der Waals surface area (Å²) in [6, 6.07) is 13.3. The van der Waals surface area contributed by atoms with Crippen LogP contribution >= 0.6 is 0 Å². The monoisotopic (exact) mass is 256 g/mol. The Bertz CT molecular complexity index is 501.